The summed E-state index contributed by atoms with van der Waals surface area (Å²) >= 11 is 0. The summed E-state index contributed by atoms with van der Waals surface area (Å²) < 4.78 is 11.8. The van der Waals surface area contributed by atoms with Crippen molar-refractivity contribution in [3.63, 3.8) is 0 Å². The molecule has 130 valence electrons. The summed E-state index contributed by atoms with van der Waals surface area (Å²) in [6, 6.07) is 7.04. The lowest BCUT2D eigenvalue weighted by atomic mass is 10.1. The van der Waals surface area contributed by atoms with Crippen molar-refractivity contribution in [1.82, 2.24) is 9.55 Å². The molecule has 0 aliphatic carbocycles. The van der Waals surface area contributed by atoms with Gasteiger partial charge in [0.1, 0.15) is 18.5 Å². The molecular weight excluding hydrogens is 322 g/mol. The van der Waals surface area contributed by atoms with E-state index in [1.165, 1.54) is 29.4 Å². The maximum Gasteiger partial charge on any atom is 0.419 e. The van der Waals surface area contributed by atoms with Crippen LogP contribution in [-0.4, -0.2) is 28.7 Å². The molecule has 0 saturated heterocycles. The van der Waals surface area contributed by atoms with Crippen molar-refractivity contribution < 1.29 is 13.9 Å². The molecule has 0 atom stereocenters. The molecule has 0 radical (unpaired) electrons. The molecule has 3 rings (SSSR count). The topological polar surface area (TPSA) is 77.6 Å². The summed E-state index contributed by atoms with van der Waals surface area (Å²) in [7, 11) is 0. The zero-order valence-corrected chi connectivity index (χ0v) is 14.1. The smallest absolute Gasteiger partial charge is 0.419 e. The number of fused-ring (bicyclic) bond motifs is 1. The molecule has 3 aromatic rings. The highest BCUT2D eigenvalue weighted by Crippen LogP contribution is 2.24. The first-order chi connectivity index (χ1) is 12.1. The van der Waals surface area contributed by atoms with E-state index in [0.717, 1.165) is 24.2 Å². The molecule has 7 nitrogen and oxygen atoms in total. The summed E-state index contributed by atoms with van der Waals surface area (Å²) in [4.78, 5) is 29.7. The average Bonchev–Trinajstić information content (AvgIpc) is 3.14. The lowest BCUT2D eigenvalue weighted by Crippen LogP contribution is -2.21. The van der Waals surface area contributed by atoms with Gasteiger partial charge in [-0.25, -0.2) is 19.1 Å². The minimum Gasteiger partial charge on any atom is -0.444 e. The van der Waals surface area contributed by atoms with Gasteiger partial charge in [0.25, 0.3) is 0 Å². The highest BCUT2D eigenvalue weighted by Gasteiger charge is 2.12. The van der Waals surface area contributed by atoms with Gasteiger partial charge in [-0.3, -0.25) is 0 Å². The van der Waals surface area contributed by atoms with E-state index in [4.69, 9.17) is 9.15 Å². The van der Waals surface area contributed by atoms with Crippen LogP contribution < -0.4 is 10.5 Å². The Morgan fingerprint density at radius 3 is 2.76 bits per heavy atom. The molecule has 1 aromatic carbocycles. The minimum atomic E-state index is -0.557. The summed E-state index contributed by atoms with van der Waals surface area (Å²) in [5, 5.41) is 0.744. The molecule has 0 amide bonds. The van der Waals surface area contributed by atoms with E-state index < -0.39 is 11.7 Å². The van der Waals surface area contributed by atoms with E-state index in [0.29, 0.717) is 11.1 Å². The van der Waals surface area contributed by atoms with Gasteiger partial charge in [0.2, 0.25) is 0 Å². The summed E-state index contributed by atoms with van der Waals surface area (Å²) in [5.41, 5.74) is 1.59. The third-order valence-electron chi connectivity index (χ3n) is 4.01. The first-order valence-corrected chi connectivity index (χ1v) is 8.09. The number of ether oxygens (including phenoxy) is 1. The van der Waals surface area contributed by atoms with Gasteiger partial charge in [-0.05, 0) is 26.0 Å². The van der Waals surface area contributed by atoms with Crippen LogP contribution in [0.25, 0.3) is 11.0 Å². The molecular formula is C18H19N3O4. The van der Waals surface area contributed by atoms with Crippen LogP contribution in [0.5, 0.6) is 0 Å². The number of hydrogen-bond donors (Lipinski definition) is 0. The third kappa shape index (κ3) is 3.55. The number of rotatable bonds is 5. The predicted octanol–water partition coefficient (Wildman–Crippen LogP) is 3.02. The predicted molar refractivity (Wildman–Crippen MR) is 93.9 cm³/mol. The van der Waals surface area contributed by atoms with Crippen LogP contribution >= 0.6 is 0 Å². The van der Waals surface area contributed by atoms with Crippen molar-refractivity contribution in [1.29, 1.82) is 0 Å². The van der Waals surface area contributed by atoms with Crippen LogP contribution in [0.2, 0.25) is 0 Å². The fourth-order valence-electron chi connectivity index (χ4n) is 2.70. The Balaban J connectivity index is 1.90. The van der Waals surface area contributed by atoms with Crippen molar-refractivity contribution in [2.75, 3.05) is 18.0 Å². The number of imidazole rings is 1. The van der Waals surface area contributed by atoms with Gasteiger partial charge in [-0.2, -0.15) is 0 Å². The van der Waals surface area contributed by atoms with Crippen LogP contribution in [0, 0.1) is 0 Å². The number of anilines is 1. The normalized spacial score (nSPS) is 10.8. The zero-order valence-electron chi connectivity index (χ0n) is 14.1. The SMILES string of the molecule is CCN(CC)c1ccc2c(COC(=O)n3ccnc3)cc(=O)oc2c1. The van der Waals surface area contributed by atoms with E-state index >= 15 is 0 Å². The summed E-state index contributed by atoms with van der Waals surface area (Å²) in [5.74, 6) is 0. The first kappa shape index (κ1) is 16.8. The Morgan fingerprint density at radius 2 is 2.08 bits per heavy atom. The van der Waals surface area contributed by atoms with Gasteiger partial charge in [-0.15, -0.1) is 0 Å². The van der Waals surface area contributed by atoms with Crippen LogP contribution in [0.1, 0.15) is 19.4 Å². The Bertz CT molecular complexity index is 927. The summed E-state index contributed by atoms with van der Waals surface area (Å²) in [6.45, 7) is 5.82. The quantitative estimate of drug-likeness (QED) is 0.664. The molecule has 0 saturated carbocycles. The first-order valence-electron chi connectivity index (χ1n) is 8.09. The highest BCUT2D eigenvalue weighted by atomic mass is 16.5. The zero-order chi connectivity index (χ0) is 17.8. The summed E-state index contributed by atoms with van der Waals surface area (Å²) in [6.07, 6.45) is 3.79. The Morgan fingerprint density at radius 1 is 1.28 bits per heavy atom. The Hall–Kier alpha value is -3.09. The number of benzene rings is 1. The number of hydrogen-bond acceptors (Lipinski definition) is 6. The largest absolute Gasteiger partial charge is 0.444 e. The lowest BCUT2D eigenvalue weighted by Gasteiger charge is -2.21. The van der Waals surface area contributed by atoms with Gasteiger partial charge in [-0.1, -0.05) is 0 Å². The number of carbonyl (C=O) groups is 1. The molecule has 0 fully saturated rings. The number of nitrogens with zero attached hydrogens (tertiary/aromatic N) is 3. The van der Waals surface area contributed by atoms with Gasteiger partial charge in [0.05, 0.1) is 0 Å². The second kappa shape index (κ2) is 7.21. The second-order valence-electron chi connectivity index (χ2n) is 5.47. The van der Waals surface area contributed by atoms with Crippen molar-refractivity contribution in [2.24, 2.45) is 0 Å². The fraction of sp³-hybridized carbons (Fsp3) is 0.278. The monoisotopic (exact) mass is 341 g/mol. The Labute approximate surface area is 144 Å². The van der Waals surface area contributed by atoms with Crippen LogP contribution in [0.4, 0.5) is 10.5 Å². The number of carbonyl (C=O) groups excluding carboxylic acids is 1. The molecule has 2 heterocycles. The van der Waals surface area contributed by atoms with Crippen LogP contribution in [0.15, 0.2) is 52.2 Å². The Kier molecular flexibility index (Phi) is 4.83. The molecule has 0 spiro atoms. The van der Waals surface area contributed by atoms with Gasteiger partial charge < -0.3 is 14.1 Å². The molecule has 25 heavy (non-hydrogen) atoms. The highest BCUT2D eigenvalue weighted by molar-refractivity contribution is 5.84. The van der Waals surface area contributed by atoms with E-state index in [-0.39, 0.29) is 6.61 Å². The van der Waals surface area contributed by atoms with Crippen LogP contribution in [0.3, 0.4) is 0 Å². The maximum atomic E-state index is 11.9. The van der Waals surface area contributed by atoms with Gasteiger partial charge >= 0.3 is 11.7 Å². The van der Waals surface area contributed by atoms with E-state index in [1.54, 1.807) is 0 Å². The molecule has 0 N–H and O–H groups in total. The fourth-order valence-corrected chi connectivity index (χ4v) is 2.70. The average molecular weight is 341 g/mol. The molecule has 0 aliphatic rings. The van der Waals surface area contributed by atoms with Crippen LogP contribution in [-0.2, 0) is 11.3 Å². The minimum absolute atomic E-state index is 0.0241. The van der Waals surface area contributed by atoms with Crippen molar-refractivity contribution in [3.05, 3.63) is 59.0 Å². The standard InChI is InChI=1S/C18H19N3O4/c1-3-20(4-2)14-5-6-15-13(9-17(22)25-16(15)10-14)11-24-18(23)21-8-7-19-12-21/h5-10,12H,3-4,11H2,1-2H3. The lowest BCUT2D eigenvalue weighted by molar-refractivity contribution is 0.141. The number of aromatic nitrogens is 2. The van der Waals surface area contributed by atoms with E-state index in [9.17, 15) is 9.59 Å². The van der Waals surface area contributed by atoms with Crippen molar-refractivity contribution >= 4 is 22.7 Å². The van der Waals surface area contributed by atoms with E-state index in [1.807, 2.05) is 18.2 Å². The molecule has 0 bridgehead atoms. The van der Waals surface area contributed by atoms with Gasteiger partial charge in [0, 0.05) is 54.3 Å². The van der Waals surface area contributed by atoms with Crippen molar-refractivity contribution in [3.8, 4) is 0 Å². The third-order valence-corrected chi connectivity index (χ3v) is 4.01. The molecule has 0 aliphatic heterocycles. The van der Waals surface area contributed by atoms with Gasteiger partial charge in [0.15, 0.2) is 0 Å². The maximum absolute atomic E-state index is 11.9. The van der Waals surface area contributed by atoms with E-state index in [2.05, 4.69) is 23.7 Å². The second-order valence-corrected chi connectivity index (χ2v) is 5.47. The van der Waals surface area contributed by atoms with Crippen molar-refractivity contribution in [2.45, 2.75) is 20.5 Å². The molecule has 2 aromatic heterocycles. The molecule has 0 unspecified atom stereocenters. The molecule has 7 heteroatoms.